The van der Waals surface area contributed by atoms with E-state index in [9.17, 15) is 0 Å². The maximum Gasteiger partial charge on any atom is 0.195 e. The minimum atomic E-state index is 0.318. The van der Waals surface area contributed by atoms with Crippen molar-refractivity contribution in [2.24, 2.45) is 0 Å². The molecule has 1 aliphatic heterocycles. The first-order valence-electron chi connectivity index (χ1n) is 4.57. The second-order valence-electron chi connectivity index (χ2n) is 3.30. The van der Waals surface area contributed by atoms with E-state index in [1.165, 1.54) is 12.8 Å². The van der Waals surface area contributed by atoms with Crippen molar-refractivity contribution in [3.8, 4) is 0 Å². The van der Waals surface area contributed by atoms with Crippen molar-refractivity contribution in [3.63, 3.8) is 0 Å². The van der Waals surface area contributed by atoms with Crippen LogP contribution < -0.4 is 0 Å². The summed E-state index contributed by atoms with van der Waals surface area (Å²) in [6.07, 6.45) is 5.62. The Morgan fingerprint density at radius 3 is 3.23 bits per heavy atom. The average molecular weight is 199 g/mol. The fourth-order valence-corrected chi connectivity index (χ4v) is 1.75. The van der Waals surface area contributed by atoms with E-state index in [4.69, 9.17) is 17.0 Å². The molecule has 1 fully saturated rings. The lowest BCUT2D eigenvalue weighted by atomic mass is 10.1. The minimum absolute atomic E-state index is 0.318. The van der Waals surface area contributed by atoms with Crippen LogP contribution in [-0.2, 0) is 11.3 Å². The first-order valence-corrected chi connectivity index (χ1v) is 4.98. The van der Waals surface area contributed by atoms with Gasteiger partial charge in [0, 0.05) is 6.61 Å². The molecule has 0 aliphatic carbocycles. The van der Waals surface area contributed by atoms with Gasteiger partial charge >= 0.3 is 0 Å². The summed E-state index contributed by atoms with van der Waals surface area (Å²) in [6.45, 7) is 1.71. The van der Waals surface area contributed by atoms with Crippen LogP contribution in [0.25, 0.3) is 0 Å². The predicted molar refractivity (Wildman–Crippen MR) is 51.0 cm³/mol. The molecule has 4 nitrogen and oxygen atoms in total. The summed E-state index contributed by atoms with van der Waals surface area (Å²) in [4.78, 5) is 0. The highest BCUT2D eigenvalue weighted by atomic mass is 32.1. The lowest BCUT2D eigenvalue weighted by Crippen LogP contribution is -2.24. The number of rotatable bonds is 2. The van der Waals surface area contributed by atoms with Crippen LogP contribution in [0.2, 0.25) is 0 Å². The van der Waals surface area contributed by atoms with Crippen molar-refractivity contribution in [1.29, 1.82) is 0 Å². The quantitative estimate of drug-likeness (QED) is 0.734. The Hall–Kier alpha value is -0.680. The number of nitrogens with one attached hydrogen (secondary N) is 1. The Bertz CT molecular complexity index is 313. The summed E-state index contributed by atoms with van der Waals surface area (Å²) >= 11 is 5.04. The van der Waals surface area contributed by atoms with Crippen molar-refractivity contribution in [1.82, 2.24) is 14.8 Å². The molecule has 72 valence electrons. The molecule has 5 heteroatoms. The summed E-state index contributed by atoms with van der Waals surface area (Å²) in [7, 11) is 0. The third-order valence-electron chi connectivity index (χ3n) is 2.29. The monoisotopic (exact) mass is 199 g/mol. The van der Waals surface area contributed by atoms with Crippen LogP contribution in [0.1, 0.15) is 19.3 Å². The molecular weight excluding hydrogens is 186 g/mol. The molecule has 1 saturated heterocycles. The van der Waals surface area contributed by atoms with Crippen LogP contribution in [0.3, 0.4) is 0 Å². The molecular formula is C8H13N3OS. The van der Waals surface area contributed by atoms with Crippen molar-refractivity contribution in [3.05, 3.63) is 11.1 Å². The molecule has 2 rings (SSSR count). The van der Waals surface area contributed by atoms with Crippen molar-refractivity contribution < 1.29 is 4.74 Å². The van der Waals surface area contributed by atoms with E-state index < -0.39 is 0 Å². The van der Waals surface area contributed by atoms with Crippen LogP contribution in [-0.4, -0.2) is 27.5 Å². The van der Waals surface area contributed by atoms with Gasteiger partial charge in [-0.05, 0) is 31.5 Å². The molecule has 1 N–H and O–H groups in total. The SMILES string of the molecule is S=c1[nH]ncn1CC1CCCCO1. The molecule has 0 amide bonds. The number of hydrogen-bond donors (Lipinski definition) is 1. The normalized spacial score (nSPS) is 23.2. The maximum absolute atomic E-state index is 5.60. The predicted octanol–water partition coefficient (Wildman–Crippen LogP) is 1.51. The Labute approximate surface area is 81.9 Å². The van der Waals surface area contributed by atoms with E-state index >= 15 is 0 Å². The van der Waals surface area contributed by atoms with Crippen LogP contribution in [0.5, 0.6) is 0 Å². The highest BCUT2D eigenvalue weighted by molar-refractivity contribution is 7.71. The average Bonchev–Trinajstić information content (AvgIpc) is 2.54. The topological polar surface area (TPSA) is 42.8 Å². The Morgan fingerprint density at radius 1 is 1.69 bits per heavy atom. The van der Waals surface area contributed by atoms with Gasteiger partial charge in [0.05, 0.1) is 12.6 Å². The van der Waals surface area contributed by atoms with Crippen molar-refractivity contribution in [2.75, 3.05) is 6.61 Å². The molecule has 1 aliphatic rings. The zero-order valence-corrected chi connectivity index (χ0v) is 8.22. The van der Waals surface area contributed by atoms with Gasteiger partial charge in [-0.25, -0.2) is 0 Å². The van der Waals surface area contributed by atoms with Gasteiger partial charge in [0.2, 0.25) is 0 Å². The van der Waals surface area contributed by atoms with Crippen molar-refractivity contribution >= 4 is 12.2 Å². The van der Waals surface area contributed by atoms with E-state index in [0.717, 1.165) is 19.6 Å². The molecule has 13 heavy (non-hydrogen) atoms. The Morgan fingerprint density at radius 2 is 2.62 bits per heavy atom. The van der Waals surface area contributed by atoms with E-state index in [-0.39, 0.29) is 0 Å². The molecule has 0 aromatic carbocycles. The molecule has 0 spiro atoms. The number of H-pyrrole nitrogens is 1. The number of aromatic amines is 1. The van der Waals surface area contributed by atoms with Gasteiger partial charge in [0.15, 0.2) is 4.77 Å². The highest BCUT2D eigenvalue weighted by Gasteiger charge is 2.14. The lowest BCUT2D eigenvalue weighted by Gasteiger charge is -2.22. The fourth-order valence-electron chi connectivity index (χ4n) is 1.57. The molecule has 0 saturated carbocycles. The lowest BCUT2D eigenvalue weighted by molar-refractivity contribution is 0.00571. The first-order chi connectivity index (χ1) is 6.36. The zero-order valence-electron chi connectivity index (χ0n) is 7.40. The zero-order chi connectivity index (χ0) is 9.10. The molecule has 1 atom stereocenters. The van der Waals surface area contributed by atoms with Crippen LogP contribution in [0.4, 0.5) is 0 Å². The van der Waals surface area contributed by atoms with E-state index in [1.807, 2.05) is 4.57 Å². The number of hydrogen-bond acceptors (Lipinski definition) is 3. The maximum atomic E-state index is 5.60. The summed E-state index contributed by atoms with van der Waals surface area (Å²) in [5, 5.41) is 6.60. The third-order valence-corrected chi connectivity index (χ3v) is 2.62. The minimum Gasteiger partial charge on any atom is -0.376 e. The third kappa shape index (κ3) is 2.16. The summed E-state index contributed by atoms with van der Waals surface area (Å²) in [5.41, 5.74) is 0. The smallest absolute Gasteiger partial charge is 0.195 e. The second-order valence-corrected chi connectivity index (χ2v) is 3.69. The molecule has 1 unspecified atom stereocenters. The molecule has 0 radical (unpaired) electrons. The van der Waals surface area contributed by atoms with Gasteiger partial charge in [-0.1, -0.05) is 0 Å². The molecule has 1 aromatic heterocycles. The van der Waals surface area contributed by atoms with Crippen molar-refractivity contribution in [2.45, 2.75) is 31.9 Å². The number of nitrogens with zero attached hydrogens (tertiary/aromatic N) is 2. The Balaban J connectivity index is 1.97. The number of ether oxygens (including phenoxy) is 1. The van der Waals surface area contributed by atoms with Gasteiger partial charge in [-0.15, -0.1) is 0 Å². The van der Waals surface area contributed by atoms with E-state index in [2.05, 4.69) is 10.2 Å². The largest absolute Gasteiger partial charge is 0.376 e. The summed E-state index contributed by atoms with van der Waals surface area (Å²) in [6, 6.07) is 0. The first kappa shape index (κ1) is 8.90. The van der Waals surface area contributed by atoms with Crippen LogP contribution >= 0.6 is 12.2 Å². The van der Waals surface area contributed by atoms with Crippen LogP contribution in [0, 0.1) is 4.77 Å². The molecule has 1 aromatic rings. The highest BCUT2D eigenvalue weighted by Crippen LogP contribution is 2.14. The van der Waals surface area contributed by atoms with Gasteiger partial charge in [-0.2, -0.15) is 5.10 Å². The van der Waals surface area contributed by atoms with Gasteiger partial charge in [-0.3, -0.25) is 5.10 Å². The summed E-state index contributed by atoms with van der Waals surface area (Å²) < 4.78 is 8.19. The van der Waals surface area contributed by atoms with E-state index in [1.54, 1.807) is 6.33 Å². The van der Waals surface area contributed by atoms with E-state index in [0.29, 0.717) is 10.9 Å². The van der Waals surface area contributed by atoms with Gasteiger partial charge in [0.25, 0.3) is 0 Å². The van der Waals surface area contributed by atoms with Gasteiger partial charge < -0.3 is 9.30 Å². The van der Waals surface area contributed by atoms with Crippen LogP contribution in [0.15, 0.2) is 6.33 Å². The fraction of sp³-hybridized carbons (Fsp3) is 0.750. The molecule has 2 heterocycles. The Kier molecular flexibility index (Phi) is 2.75. The summed E-state index contributed by atoms with van der Waals surface area (Å²) in [5.74, 6) is 0. The second kappa shape index (κ2) is 4.02. The standard InChI is InChI=1S/C8H13N3OS/c13-8-10-9-6-11(8)5-7-3-1-2-4-12-7/h6-7H,1-5H2,(H,10,13). The number of aromatic nitrogens is 3. The van der Waals surface area contributed by atoms with Gasteiger partial charge in [0.1, 0.15) is 6.33 Å². The molecule has 0 bridgehead atoms.